The van der Waals surface area contributed by atoms with Crippen LogP contribution in [0.4, 0.5) is 16.6 Å². The number of amides is 1. The normalized spacial score (nSPS) is 15.9. The molecular weight excluding hydrogens is 476 g/mol. The molecule has 0 saturated carbocycles. The molecule has 0 spiro atoms. The molecule has 37 heavy (non-hydrogen) atoms. The van der Waals surface area contributed by atoms with Gasteiger partial charge in [0.2, 0.25) is 5.95 Å². The average molecular weight is 509 g/mol. The number of aromatic nitrogens is 2. The number of anilines is 2. The molecular formula is C26H32N6O5. The van der Waals surface area contributed by atoms with E-state index in [0.29, 0.717) is 54.3 Å². The molecule has 1 aliphatic rings. The summed E-state index contributed by atoms with van der Waals surface area (Å²) < 4.78 is 16.1. The lowest BCUT2D eigenvalue weighted by atomic mass is 10.0. The first kappa shape index (κ1) is 26.0. The fourth-order valence-corrected chi connectivity index (χ4v) is 4.29. The number of methoxy groups -OCH3 is 2. The van der Waals surface area contributed by atoms with Crippen molar-refractivity contribution in [3.63, 3.8) is 0 Å². The van der Waals surface area contributed by atoms with E-state index < -0.39 is 12.1 Å². The fourth-order valence-electron chi connectivity index (χ4n) is 4.29. The Balaban J connectivity index is 1.53. The third-order valence-electron chi connectivity index (χ3n) is 6.19. The van der Waals surface area contributed by atoms with Crippen LogP contribution in [0.2, 0.25) is 0 Å². The lowest BCUT2D eigenvalue weighted by Crippen LogP contribution is -2.61. The SMILES string of the molecule is CCCC(=O)C1CN(NC(=O)OCc2ccccc2)CCN1c1nc(N)c2cc(OC)c(OC)cc2n1. The monoisotopic (exact) mass is 508 g/mol. The van der Waals surface area contributed by atoms with Gasteiger partial charge in [0, 0.05) is 37.5 Å². The van der Waals surface area contributed by atoms with Crippen LogP contribution in [0.1, 0.15) is 25.3 Å². The molecule has 3 N–H and O–H groups in total. The van der Waals surface area contributed by atoms with Crippen molar-refractivity contribution < 1.29 is 23.8 Å². The Morgan fingerprint density at radius 3 is 2.51 bits per heavy atom. The lowest BCUT2D eigenvalue weighted by Gasteiger charge is -2.40. The van der Waals surface area contributed by atoms with Crippen LogP contribution in [-0.4, -0.2) is 66.7 Å². The number of Topliss-reactive ketones (excluding diaryl/α,β-unsaturated/α-hetero) is 1. The highest BCUT2D eigenvalue weighted by Crippen LogP contribution is 2.34. The van der Waals surface area contributed by atoms with Crippen molar-refractivity contribution in [3.8, 4) is 11.5 Å². The number of benzene rings is 2. The zero-order chi connectivity index (χ0) is 26.4. The number of nitrogens with one attached hydrogen (secondary N) is 1. The minimum absolute atomic E-state index is 0.0289. The number of piperazine rings is 1. The molecule has 2 aromatic carbocycles. The number of rotatable bonds is 9. The summed E-state index contributed by atoms with van der Waals surface area (Å²) in [4.78, 5) is 36.6. The van der Waals surface area contributed by atoms with Gasteiger partial charge in [0.1, 0.15) is 18.5 Å². The van der Waals surface area contributed by atoms with Crippen LogP contribution in [0.5, 0.6) is 11.5 Å². The molecule has 1 amide bonds. The van der Waals surface area contributed by atoms with Crippen molar-refractivity contribution >= 4 is 34.5 Å². The predicted molar refractivity (Wildman–Crippen MR) is 139 cm³/mol. The second-order valence-electron chi connectivity index (χ2n) is 8.68. The number of carbonyl (C=O) groups excluding carboxylic acids is 2. The first-order chi connectivity index (χ1) is 17.9. The van der Waals surface area contributed by atoms with Crippen LogP contribution in [0.25, 0.3) is 10.9 Å². The van der Waals surface area contributed by atoms with Gasteiger partial charge in [-0.3, -0.25) is 10.2 Å². The summed E-state index contributed by atoms with van der Waals surface area (Å²) in [7, 11) is 3.09. The molecule has 1 fully saturated rings. The summed E-state index contributed by atoms with van der Waals surface area (Å²) in [6.45, 7) is 3.20. The van der Waals surface area contributed by atoms with Gasteiger partial charge in [0.05, 0.1) is 19.7 Å². The van der Waals surface area contributed by atoms with Crippen molar-refractivity contribution in [2.75, 3.05) is 44.5 Å². The highest BCUT2D eigenvalue weighted by atomic mass is 16.6. The number of fused-ring (bicyclic) bond motifs is 1. The standard InChI is InChI=1S/C26H32N6O5/c1-4-8-21(33)20-15-31(30-26(34)37-16-17-9-6-5-7-10-17)11-12-32(20)25-28-19-14-23(36-3)22(35-2)13-18(19)24(27)29-25/h5-7,9-10,13-14,20H,4,8,11-12,15-16H2,1-3H3,(H,30,34)(H2,27,28,29). The number of hydrogen-bond acceptors (Lipinski definition) is 10. The van der Waals surface area contributed by atoms with E-state index in [1.165, 1.54) is 0 Å². The van der Waals surface area contributed by atoms with Crippen LogP contribution < -0.4 is 25.5 Å². The first-order valence-electron chi connectivity index (χ1n) is 12.1. The molecule has 3 aromatic rings. The smallest absolute Gasteiger partial charge is 0.422 e. The van der Waals surface area contributed by atoms with Crippen molar-refractivity contribution in [2.24, 2.45) is 0 Å². The van der Waals surface area contributed by atoms with Crippen LogP contribution >= 0.6 is 0 Å². The molecule has 196 valence electrons. The highest BCUT2D eigenvalue weighted by Gasteiger charge is 2.34. The molecule has 1 aliphatic heterocycles. The maximum absolute atomic E-state index is 13.1. The number of ketones is 1. The number of nitrogens with zero attached hydrogens (tertiary/aromatic N) is 4. The van der Waals surface area contributed by atoms with Gasteiger partial charge in [-0.05, 0) is 18.1 Å². The molecule has 0 radical (unpaired) electrons. The van der Waals surface area contributed by atoms with Gasteiger partial charge in [-0.15, -0.1) is 0 Å². The van der Waals surface area contributed by atoms with E-state index in [-0.39, 0.29) is 24.8 Å². The van der Waals surface area contributed by atoms with E-state index >= 15 is 0 Å². The number of carbonyl (C=O) groups is 2. The van der Waals surface area contributed by atoms with Crippen LogP contribution in [0.15, 0.2) is 42.5 Å². The Morgan fingerprint density at radius 1 is 1.08 bits per heavy atom. The number of ether oxygens (including phenoxy) is 3. The molecule has 2 heterocycles. The third kappa shape index (κ3) is 6.00. The van der Waals surface area contributed by atoms with Crippen LogP contribution in [0, 0.1) is 0 Å². The molecule has 0 bridgehead atoms. The fraction of sp³-hybridized carbons (Fsp3) is 0.385. The summed E-state index contributed by atoms with van der Waals surface area (Å²) in [6, 6.07) is 12.3. The van der Waals surface area contributed by atoms with E-state index in [9.17, 15) is 9.59 Å². The van der Waals surface area contributed by atoms with Gasteiger partial charge in [0.25, 0.3) is 0 Å². The van der Waals surface area contributed by atoms with Crippen molar-refractivity contribution in [1.29, 1.82) is 0 Å². The predicted octanol–water partition coefficient (Wildman–Crippen LogP) is 2.93. The molecule has 1 atom stereocenters. The molecule has 11 heteroatoms. The molecule has 0 aliphatic carbocycles. The zero-order valence-electron chi connectivity index (χ0n) is 21.3. The van der Waals surface area contributed by atoms with Gasteiger partial charge in [-0.1, -0.05) is 37.3 Å². The van der Waals surface area contributed by atoms with Crippen molar-refractivity contribution in [3.05, 3.63) is 48.0 Å². The zero-order valence-corrected chi connectivity index (χ0v) is 21.3. The Hall–Kier alpha value is -4.12. The van der Waals surface area contributed by atoms with Crippen molar-refractivity contribution in [1.82, 2.24) is 20.4 Å². The Kier molecular flexibility index (Phi) is 8.24. The Morgan fingerprint density at radius 2 is 1.81 bits per heavy atom. The number of hydrazine groups is 1. The Labute approximate surface area is 215 Å². The second-order valence-corrected chi connectivity index (χ2v) is 8.68. The maximum atomic E-state index is 13.1. The van der Waals surface area contributed by atoms with Crippen LogP contribution in [0.3, 0.4) is 0 Å². The topological polar surface area (TPSA) is 132 Å². The number of hydrogen-bond donors (Lipinski definition) is 2. The van der Waals surface area contributed by atoms with Gasteiger partial charge in [-0.2, -0.15) is 4.98 Å². The van der Waals surface area contributed by atoms with E-state index in [1.807, 2.05) is 42.2 Å². The molecule has 1 aromatic heterocycles. The van der Waals surface area contributed by atoms with Gasteiger partial charge in [0.15, 0.2) is 17.3 Å². The summed E-state index contributed by atoms with van der Waals surface area (Å²) in [6.07, 6.45) is 0.515. The minimum Gasteiger partial charge on any atom is -0.493 e. The highest BCUT2D eigenvalue weighted by molar-refractivity contribution is 5.92. The quantitative estimate of drug-likeness (QED) is 0.445. The average Bonchev–Trinajstić information content (AvgIpc) is 2.91. The molecule has 1 unspecified atom stereocenters. The van der Waals surface area contributed by atoms with Gasteiger partial charge >= 0.3 is 6.09 Å². The summed E-state index contributed by atoms with van der Waals surface area (Å²) >= 11 is 0. The van der Waals surface area contributed by atoms with E-state index in [1.54, 1.807) is 31.4 Å². The summed E-state index contributed by atoms with van der Waals surface area (Å²) in [5.74, 6) is 1.68. The lowest BCUT2D eigenvalue weighted by molar-refractivity contribution is -0.121. The molecule has 4 rings (SSSR count). The van der Waals surface area contributed by atoms with E-state index in [2.05, 4.69) is 10.4 Å². The maximum Gasteiger partial charge on any atom is 0.422 e. The van der Waals surface area contributed by atoms with E-state index in [4.69, 9.17) is 24.9 Å². The summed E-state index contributed by atoms with van der Waals surface area (Å²) in [5.41, 5.74) is 10.5. The van der Waals surface area contributed by atoms with Crippen molar-refractivity contribution in [2.45, 2.75) is 32.4 Å². The molecule has 11 nitrogen and oxygen atoms in total. The minimum atomic E-state index is -0.578. The van der Waals surface area contributed by atoms with Crippen LogP contribution in [-0.2, 0) is 16.1 Å². The first-order valence-corrected chi connectivity index (χ1v) is 12.1. The number of nitrogens with two attached hydrogens (primary N) is 1. The number of nitrogen functional groups attached to an aromatic ring is 1. The second kappa shape index (κ2) is 11.7. The van der Waals surface area contributed by atoms with Gasteiger partial charge < -0.3 is 24.8 Å². The largest absolute Gasteiger partial charge is 0.493 e. The molecule has 1 saturated heterocycles. The van der Waals surface area contributed by atoms with Gasteiger partial charge in [-0.25, -0.2) is 14.8 Å². The summed E-state index contributed by atoms with van der Waals surface area (Å²) in [5, 5.41) is 2.32. The Bertz CT molecular complexity index is 1260. The third-order valence-corrected chi connectivity index (χ3v) is 6.19. The van der Waals surface area contributed by atoms with E-state index in [0.717, 1.165) is 5.56 Å².